The second-order valence-corrected chi connectivity index (χ2v) is 6.35. The van der Waals surface area contributed by atoms with Crippen molar-refractivity contribution in [3.05, 3.63) is 35.0 Å². The average molecular weight is 387 g/mol. The summed E-state index contributed by atoms with van der Waals surface area (Å²) >= 11 is 0. The highest BCUT2D eigenvalue weighted by molar-refractivity contribution is 5.92. The van der Waals surface area contributed by atoms with Gasteiger partial charge in [0, 0.05) is 5.70 Å². The molecule has 1 aliphatic heterocycles. The maximum absolute atomic E-state index is 12.5. The number of unbranched alkanes of at least 4 members (excludes halogenated alkanes) is 1. The number of carbonyl (C=O) groups is 1. The number of allylic oxidation sites excluding steroid dienone is 1. The van der Waals surface area contributed by atoms with Gasteiger partial charge >= 0.3 is 5.97 Å². The highest BCUT2D eigenvalue weighted by Crippen LogP contribution is 2.38. The minimum atomic E-state index is -0.539. The van der Waals surface area contributed by atoms with Crippen molar-refractivity contribution in [2.45, 2.75) is 39.7 Å². The number of anilines is 1. The fraction of sp³-hybridized carbons (Fsp3) is 0.474. The molecule has 0 saturated heterocycles. The van der Waals surface area contributed by atoms with E-state index in [0.717, 1.165) is 18.4 Å². The van der Waals surface area contributed by atoms with Gasteiger partial charge in [-0.15, -0.1) is 0 Å². The molecule has 28 heavy (non-hydrogen) atoms. The Morgan fingerprint density at radius 1 is 1.25 bits per heavy atom. The van der Waals surface area contributed by atoms with Gasteiger partial charge in [-0.3, -0.25) is 0 Å². The highest BCUT2D eigenvalue weighted by atomic mass is 16.5. The SMILES string of the molecule is CCCCOc1ccc(C2C(C(=O)OC)=C(C)Nc3nnnn32)cc1OCC. The van der Waals surface area contributed by atoms with Crippen LogP contribution >= 0.6 is 0 Å². The number of nitrogens with one attached hydrogen (secondary N) is 1. The van der Waals surface area contributed by atoms with E-state index in [-0.39, 0.29) is 0 Å². The summed E-state index contributed by atoms with van der Waals surface area (Å²) in [5.41, 5.74) is 1.87. The molecule has 0 saturated carbocycles. The lowest BCUT2D eigenvalue weighted by Gasteiger charge is -2.27. The minimum Gasteiger partial charge on any atom is -0.490 e. The van der Waals surface area contributed by atoms with Crippen LogP contribution in [0.5, 0.6) is 11.5 Å². The van der Waals surface area contributed by atoms with Crippen molar-refractivity contribution in [1.29, 1.82) is 0 Å². The van der Waals surface area contributed by atoms with Crippen molar-refractivity contribution >= 4 is 11.9 Å². The number of hydrogen-bond acceptors (Lipinski definition) is 8. The first kappa shape index (κ1) is 19.7. The fourth-order valence-corrected chi connectivity index (χ4v) is 3.10. The lowest BCUT2D eigenvalue weighted by atomic mass is 9.95. The molecule has 1 unspecified atom stereocenters. The smallest absolute Gasteiger partial charge is 0.338 e. The molecule has 0 amide bonds. The van der Waals surface area contributed by atoms with Crippen LogP contribution in [-0.2, 0) is 9.53 Å². The molecule has 2 heterocycles. The number of aromatic nitrogens is 4. The standard InChI is InChI=1S/C19H25N5O4/c1-5-7-10-28-14-9-8-13(11-15(14)27-6-2)17-16(18(25)26-4)12(3)20-19-21-22-23-24(17)19/h8-9,11,17H,5-7,10H2,1-4H3,(H,20,21,23). The van der Waals surface area contributed by atoms with Crippen LogP contribution in [0.4, 0.5) is 5.95 Å². The van der Waals surface area contributed by atoms with Gasteiger partial charge in [0.05, 0.1) is 25.9 Å². The first-order valence-electron chi connectivity index (χ1n) is 9.34. The van der Waals surface area contributed by atoms with Crippen molar-refractivity contribution in [2.75, 3.05) is 25.6 Å². The van der Waals surface area contributed by atoms with Crippen LogP contribution in [0.3, 0.4) is 0 Å². The van der Waals surface area contributed by atoms with Gasteiger partial charge < -0.3 is 19.5 Å². The van der Waals surface area contributed by atoms with E-state index in [9.17, 15) is 4.79 Å². The van der Waals surface area contributed by atoms with Crippen LogP contribution in [0.1, 0.15) is 45.2 Å². The summed E-state index contributed by atoms with van der Waals surface area (Å²) < 4.78 is 18.2. The molecule has 0 aliphatic carbocycles. The van der Waals surface area contributed by atoms with E-state index < -0.39 is 12.0 Å². The molecule has 150 valence electrons. The molecular weight excluding hydrogens is 362 g/mol. The van der Waals surface area contributed by atoms with Gasteiger partial charge in [0.15, 0.2) is 11.5 Å². The van der Waals surface area contributed by atoms with Gasteiger partial charge in [-0.1, -0.05) is 24.5 Å². The monoisotopic (exact) mass is 387 g/mol. The number of benzene rings is 1. The Balaban J connectivity index is 2.04. The highest BCUT2D eigenvalue weighted by Gasteiger charge is 2.35. The van der Waals surface area contributed by atoms with Crippen LogP contribution in [0.25, 0.3) is 0 Å². The molecule has 1 aromatic carbocycles. The van der Waals surface area contributed by atoms with E-state index in [2.05, 4.69) is 27.8 Å². The summed E-state index contributed by atoms with van der Waals surface area (Å²) in [6, 6.07) is 5.07. The molecule has 0 bridgehead atoms. The molecule has 1 aliphatic rings. The van der Waals surface area contributed by atoms with Gasteiger partial charge in [0.2, 0.25) is 5.95 Å². The molecular formula is C19H25N5O4. The number of tetrazole rings is 1. The molecule has 3 rings (SSSR count). The topological polar surface area (TPSA) is 100 Å². The third kappa shape index (κ3) is 3.78. The summed E-state index contributed by atoms with van der Waals surface area (Å²) in [4.78, 5) is 12.5. The number of rotatable bonds is 8. The second-order valence-electron chi connectivity index (χ2n) is 6.35. The zero-order chi connectivity index (χ0) is 20.1. The van der Waals surface area contributed by atoms with E-state index in [1.807, 2.05) is 25.1 Å². The molecule has 9 nitrogen and oxygen atoms in total. The van der Waals surface area contributed by atoms with Crippen LogP contribution in [0, 0.1) is 0 Å². The first-order chi connectivity index (χ1) is 13.6. The van der Waals surface area contributed by atoms with E-state index in [0.29, 0.717) is 41.9 Å². The zero-order valence-electron chi connectivity index (χ0n) is 16.6. The molecule has 1 N–H and O–H groups in total. The summed E-state index contributed by atoms with van der Waals surface area (Å²) in [5.74, 6) is 1.30. The van der Waals surface area contributed by atoms with E-state index in [4.69, 9.17) is 14.2 Å². The van der Waals surface area contributed by atoms with Crippen LogP contribution in [0.15, 0.2) is 29.5 Å². The van der Waals surface area contributed by atoms with E-state index in [1.54, 1.807) is 11.6 Å². The Morgan fingerprint density at radius 2 is 2.07 bits per heavy atom. The normalized spacial score (nSPS) is 15.6. The fourth-order valence-electron chi connectivity index (χ4n) is 3.10. The third-order valence-corrected chi connectivity index (χ3v) is 4.46. The van der Waals surface area contributed by atoms with Gasteiger partial charge in [0.1, 0.15) is 6.04 Å². The van der Waals surface area contributed by atoms with Crippen molar-refractivity contribution in [2.24, 2.45) is 0 Å². The third-order valence-electron chi connectivity index (χ3n) is 4.46. The molecule has 0 radical (unpaired) electrons. The quantitative estimate of drug-likeness (QED) is 0.545. The molecule has 0 spiro atoms. The number of ether oxygens (including phenoxy) is 3. The summed E-state index contributed by atoms with van der Waals surface area (Å²) in [6.07, 6.45) is 2.01. The Kier molecular flexibility index (Phi) is 6.13. The van der Waals surface area contributed by atoms with Crippen molar-refractivity contribution in [3.8, 4) is 11.5 Å². The van der Waals surface area contributed by atoms with Crippen LogP contribution in [0.2, 0.25) is 0 Å². The Morgan fingerprint density at radius 3 is 2.79 bits per heavy atom. The van der Waals surface area contributed by atoms with E-state index >= 15 is 0 Å². The van der Waals surface area contributed by atoms with Crippen molar-refractivity contribution in [3.63, 3.8) is 0 Å². The number of carbonyl (C=O) groups excluding carboxylic acids is 1. The average Bonchev–Trinajstić information content (AvgIpc) is 3.15. The summed E-state index contributed by atoms with van der Waals surface area (Å²) in [5, 5.41) is 14.8. The number of esters is 1. The number of nitrogens with zero attached hydrogens (tertiary/aromatic N) is 4. The van der Waals surface area contributed by atoms with Gasteiger partial charge in [0.25, 0.3) is 0 Å². The maximum Gasteiger partial charge on any atom is 0.338 e. The van der Waals surface area contributed by atoms with E-state index in [1.165, 1.54) is 7.11 Å². The number of fused-ring (bicyclic) bond motifs is 1. The maximum atomic E-state index is 12.5. The molecule has 9 heteroatoms. The second kappa shape index (κ2) is 8.73. The lowest BCUT2D eigenvalue weighted by molar-refractivity contribution is -0.136. The number of hydrogen-bond donors (Lipinski definition) is 1. The van der Waals surface area contributed by atoms with Crippen LogP contribution in [-0.4, -0.2) is 46.5 Å². The van der Waals surface area contributed by atoms with Gasteiger partial charge in [-0.05, 0) is 48.4 Å². The molecule has 0 fully saturated rings. The predicted octanol–water partition coefficient (Wildman–Crippen LogP) is 2.71. The molecule has 2 aromatic rings. The molecule has 1 aromatic heterocycles. The Bertz CT molecular complexity index is 877. The van der Waals surface area contributed by atoms with Crippen molar-refractivity contribution in [1.82, 2.24) is 20.2 Å². The Hall–Kier alpha value is -3.10. The summed E-state index contributed by atoms with van der Waals surface area (Å²) in [6.45, 7) is 6.93. The molecule has 1 atom stereocenters. The number of methoxy groups -OCH3 is 1. The zero-order valence-corrected chi connectivity index (χ0v) is 16.6. The minimum absolute atomic E-state index is 0.435. The summed E-state index contributed by atoms with van der Waals surface area (Å²) in [7, 11) is 1.35. The van der Waals surface area contributed by atoms with Crippen LogP contribution < -0.4 is 14.8 Å². The first-order valence-corrected chi connectivity index (χ1v) is 9.34. The van der Waals surface area contributed by atoms with Crippen molar-refractivity contribution < 1.29 is 19.0 Å². The lowest BCUT2D eigenvalue weighted by Crippen LogP contribution is -2.29. The van der Waals surface area contributed by atoms with Gasteiger partial charge in [-0.2, -0.15) is 4.68 Å². The Labute approximate surface area is 163 Å². The largest absolute Gasteiger partial charge is 0.490 e. The van der Waals surface area contributed by atoms with Gasteiger partial charge in [-0.25, -0.2) is 4.79 Å². The predicted molar refractivity (Wildman–Crippen MR) is 102 cm³/mol.